The van der Waals surface area contributed by atoms with Gasteiger partial charge in [0.15, 0.2) is 0 Å². The Morgan fingerprint density at radius 1 is 1.27 bits per heavy atom. The summed E-state index contributed by atoms with van der Waals surface area (Å²) in [5, 5.41) is -0.499. The number of likely N-dealkylation sites (tertiary alicyclic amines) is 1. The molecule has 2 heterocycles. The molecule has 0 bridgehead atoms. The van der Waals surface area contributed by atoms with Crippen LogP contribution in [-0.4, -0.2) is 42.5 Å². The Kier molecular flexibility index (Phi) is 4.44. The van der Waals surface area contributed by atoms with Crippen LogP contribution in [0.3, 0.4) is 0 Å². The molecule has 0 radical (unpaired) electrons. The lowest BCUT2D eigenvalue weighted by Crippen LogP contribution is -2.60. The van der Waals surface area contributed by atoms with E-state index in [9.17, 15) is 13.2 Å². The highest BCUT2D eigenvalue weighted by molar-refractivity contribution is 7.90. The van der Waals surface area contributed by atoms with Crippen LogP contribution >= 0.6 is 0 Å². The van der Waals surface area contributed by atoms with Crippen LogP contribution < -0.4 is 4.72 Å². The number of hydrogen-bond donors (Lipinski definition) is 1. The maximum atomic E-state index is 12.2. The van der Waals surface area contributed by atoms with Gasteiger partial charge >= 0.3 is 0 Å². The minimum atomic E-state index is -3.40. The molecule has 3 rings (SSSR count). The van der Waals surface area contributed by atoms with Gasteiger partial charge in [0.25, 0.3) is 0 Å². The Morgan fingerprint density at radius 3 is 2.64 bits per heavy atom. The Balaban J connectivity index is 1.49. The number of pyridine rings is 1. The molecule has 6 nitrogen and oxygen atoms in total. The fourth-order valence-corrected chi connectivity index (χ4v) is 4.38. The lowest BCUT2D eigenvalue weighted by Gasteiger charge is -2.39. The standard InChI is InChI=1S/C15H21N3O3S/c19-15(12-5-1-2-6-12)18-10-14(11-18)22(20,21)17-9-13-7-3-4-8-16-13/h3-4,7-8,12,14,17H,1-2,5-6,9-11H2. The number of carbonyl (C=O) groups excluding carboxylic acids is 1. The summed E-state index contributed by atoms with van der Waals surface area (Å²) in [5.41, 5.74) is 0.685. The van der Waals surface area contributed by atoms with Crippen molar-refractivity contribution < 1.29 is 13.2 Å². The first kappa shape index (κ1) is 15.4. The molecule has 0 spiro atoms. The molecule has 1 aliphatic carbocycles. The fourth-order valence-electron chi connectivity index (χ4n) is 3.04. The topological polar surface area (TPSA) is 79.4 Å². The van der Waals surface area contributed by atoms with Crippen molar-refractivity contribution in [3.05, 3.63) is 30.1 Å². The smallest absolute Gasteiger partial charge is 0.225 e. The van der Waals surface area contributed by atoms with E-state index in [1.54, 1.807) is 23.2 Å². The van der Waals surface area contributed by atoms with Crippen LogP contribution in [0.25, 0.3) is 0 Å². The molecule has 1 N–H and O–H groups in total. The maximum absolute atomic E-state index is 12.2. The molecule has 0 unspecified atom stereocenters. The van der Waals surface area contributed by atoms with Crippen molar-refractivity contribution in [3.63, 3.8) is 0 Å². The van der Waals surface area contributed by atoms with Crippen molar-refractivity contribution >= 4 is 15.9 Å². The summed E-state index contributed by atoms with van der Waals surface area (Å²) in [6.45, 7) is 0.815. The van der Waals surface area contributed by atoms with Gasteiger partial charge < -0.3 is 4.90 Å². The molecule has 2 fully saturated rings. The van der Waals surface area contributed by atoms with Crippen molar-refractivity contribution in [2.24, 2.45) is 5.92 Å². The molecule has 1 aromatic heterocycles. The average molecular weight is 323 g/mol. The minimum absolute atomic E-state index is 0.116. The summed E-state index contributed by atoms with van der Waals surface area (Å²) in [6, 6.07) is 5.39. The highest BCUT2D eigenvalue weighted by Crippen LogP contribution is 2.29. The highest BCUT2D eigenvalue weighted by Gasteiger charge is 2.41. The van der Waals surface area contributed by atoms with E-state index in [1.165, 1.54) is 0 Å². The first-order valence-electron chi connectivity index (χ1n) is 7.73. The number of hydrogen-bond acceptors (Lipinski definition) is 4. The quantitative estimate of drug-likeness (QED) is 0.873. The summed E-state index contributed by atoms with van der Waals surface area (Å²) in [5.74, 6) is 0.249. The zero-order chi connectivity index (χ0) is 15.6. The van der Waals surface area contributed by atoms with Crippen molar-refractivity contribution in [1.82, 2.24) is 14.6 Å². The van der Waals surface area contributed by atoms with Gasteiger partial charge in [-0.25, -0.2) is 13.1 Å². The predicted octanol–water partition coefficient (Wildman–Crippen LogP) is 0.902. The fraction of sp³-hybridized carbons (Fsp3) is 0.600. The molecular weight excluding hydrogens is 302 g/mol. The van der Waals surface area contributed by atoms with E-state index in [4.69, 9.17) is 0 Å². The maximum Gasteiger partial charge on any atom is 0.225 e. The summed E-state index contributed by atoms with van der Waals surface area (Å²) in [7, 11) is -3.40. The van der Waals surface area contributed by atoms with E-state index in [0.717, 1.165) is 25.7 Å². The van der Waals surface area contributed by atoms with Gasteiger partial charge in [-0.3, -0.25) is 9.78 Å². The second kappa shape index (κ2) is 6.34. The molecule has 0 atom stereocenters. The van der Waals surface area contributed by atoms with Gasteiger partial charge in [-0.1, -0.05) is 18.9 Å². The molecule has 1 aliphatic heterocycles. The van der Waals surface area contributed by atoms with Crippen molar-refractivity contribution in [2.45, 2.75) is 37.5 Å². The number of amides is 1. The third-order valence-corrected chi connectivity index (χ3v) is 6.21. The number of aromatic nitrogens is 1. The summed E-state index contributed by atoms with van der Waals surface area (Å²) >= 11 is 0. The number of nitrogens with one attached hydrogen (secondary N) is 1. The number of sulfonamides is 1. The summed E-state index contributed by atoms with van der Waals surface area (Å²) in [6.07, 6.45) is 5.75. The molecule has 1 saturated heterocycles. The zero-order valence-electron chi connectivity index (χ0n) is 12.4. The van der Waals surface area contributed by atoms with Gasteiger partial charge in [0.2, 0.25) is 15.9 Å². The van der Waals surface area contributed by atoms with Gasteiger partial charge in [0, 0.05) is 25.2 Å². The van der Waals surface area contributed by atoms with E-state index in [2.05, 4.69) is 9.71 Å². The first-order valence-corrected chi connectivity index (χ1v) is 9.28. The van der Waals surface area contributed by atoms with Crippen LogP contribution in [0.15, 0.2) is 24.4 Å². The van der Waals surface area contributed by atoms with Crippen molar-refractivity contribution in [2.75, 3.05) is 13.1 Å². The molecule has 0 aromatic carbocycles. The average Bonchev–Trinajstić information content (AvgIpc) is 2.98. The molecule has 120 valence electrons. The van der Waals surface area contributed by atoms with Crippen LogP contribution in [0.4, 0.5) is 0 Å². The number of carbonyl (C=O) groups is 1. The van der Waals surface area contributed by atoms with Crippen molar-refractivity contribution in [1.29, 1.82) is 0 Å². The van der Waals surface area contributed by atoms with Gasteiger partial charge in [-0.05, 0) is 25.0 Å². The van der Waals surface area contributed by atoms with Crippen LogP contribution in [0.2, 0.25) is 0 Å². The Bertz CT molecular complexity index is 621. The van der Waals surface area contributed by atoms with E-state index in [-0.39, 0.29) is 18.4 Å². The van der Waals surface area contributed by atoms with Gasteiger partial charge in [0.05, 0.1) is 12.2 Å². The predicted molar refractivity (Wildman–Crippen MR) is 82.3 cm³/mol. The Hall–Kier alpha value is -1.47. The second-order valence-electron chi connectivity index (χ2n) is 6.03. The zero-order valence-corrected chi connectivity index (χ0v) is 13.3. The van der Waals surface area contributed by atoms with Gasteiger partial charge in [-0.15, -0.1) is 0 Å². The Labute approximate surface area is 131 Å². The highest BCUT2D eigenvalue weighted by atomic mass is 32.2. The normalized spacial score (nSPS) is 20.1. The molecule has 1 amide bonds. The first-order chi connectivity index (χ1) is 10.6. The monoisotopic (exact) mass is 323 g/mol. The number of nitrogens with zero attached hydrogens (tertiary/aromatic N) is 2. The molecule has 1 aromatic rings. The largest absolute Gasteiger partial charge is 0.340 e. The molecule has 2 aliphatic rings. The second-order valence-corrected chi connectivity index (χ2v) is 8.08. The van der Waals surface area contributed by atoms with Crippen LogP contribution in [0.1, 0.15) is 31.4 Å². The SMILES string of the molecule is O=C(C1CCCC1)N1CC(S(=O)(=O)NCc2ccccn2)C1. The van der Waals surface area contributed by atoms with E-state index in [0.29, 0.717) is 18.8 Å². The van der Waals surface area contributed by atoms with Crippen LogP contribution in [0, 0.1) is 5.92 Å². The van der Waals surface area contributed by atoms with Gasteiger partial charge in [0.1, 0.15) is 5.25 Å². The van der Waals surface area contributed by atoms with Crippen LogP contribution in [0.5, 0.6) is 0 Å². The van der Waals surface area contributed by atoms with E-state index in [1.807, 2.05) is 6.07 Å². The minimum Gasteiger partial charge on any atom is -0.340 e. The van der Waals surface area contributed by atoms with Crippen molar-refractivity contribution in [3.8, 4) is 0 Å². The third-order valence-electron chi connectivity index (χ3n) is 4.48. The molecule has 22 heavy (non-hydrogen) atoms. The molecule has 7 heteroatoms. The van der Waals surface area contributed by atoms with E-state index >= 15 is 0 Å². The molecular formula is C15H21N3O3S. The van der Waals surface area contributed by atoms with Crippen LogP contribution in [-0.2, 0) is 21.4 Å². The lowest BCUT2D eigenvalue weighted by atomic mass is 10.0. The number of rotatable bonds is 5. The van der Waals surface area contributed by atoms with Gasteiger partial charge in [-0.2, -0.15) is 0 Å². The molecule has 1 saturated carbocycles. The third kappa shape index (κ3) is 3.30. The summed E-state index contributed by atoms with van der Waals surface area (Å²) in [4.78, 5) is 18.0. The summed E-state index contributed by atoms with van der Waals surface area (Å²) < 4.78 is 27.0. The Morgan fingerprint density at radius 2 is 2.00 bits per heavy atom. The van der Waals surface area contributed by atoms with E-state index < -0.39 is 15.3 Å². The lowest BCUT2D eigenvalue weighted by molar-refractivity contribution is -0.138.